The molecule has 1 unspecified atom stereocenters. The van der Waals surface area contributed by atoms with Gasteiger partial charge < -0.3 is 15.5 Å². The van der Waals surface area contributed by atoms with E-state index in [9.17, 15) is 4.79 Å². The molecule has 1 aromatic heterocycles. The first-order chi connectivity index (χ1) is 13.0. The normalized spacial score (nSPS) is 17.9. The van der Waals surface area contributed by atoms with Crippen LogP contribution in [0.3, 0.4) is 0 Å². The summed E-state index contributed by atoms with van der Waals surface area (Å²) < 4.78 is 0. The fourth-order valence-corrected chi connectivity index (χ4v) is 4.16. The molecule has 0 aromatic carbocycles. The van der Waals surface area contributed by atoms with Crippen molar-refractivity contribution in [2.45, 2.75) is 45.1 Å². The second-order valence-electron chi connectivity index (χ2n) is 7.03. The van der Waals surface area contributed by atoms with Gasteiger partial charge in [0.25, 0.3) is 0 Å². The SMILES string of the molecule is CCc1cnc(CCNC(=NC)NCCCN2CCCC2C(=O)N(C)C)s1. The summed E-state index contributed by atoms with van der Waals surface area (Å²) >= 11 is 1.78. The minimum absolute atomic E-state index is 0.0590. The van der Waals surface area contributed by atoms with Crippen LogP contribution in [0.1, 0.15) is 36.1 Å². The van der Waals surface area contributed by atoms with Crippen LogP contribution in [0.2, 0.25) is 0 Å². The first-order valence-electron chi connectivity index (χ1n) is 9.88. The summed E-state index contributed by atoms with van der Waals surface area (Å²) in [6.45, 7) is 5.78. The van der Waals surface area contributed by atoms with Crippen LogP contribution in [0.15, 0.2) is 11.2 Å². The van der Waals surface area contributed by atoms with Gasteiger partial charge in [0.1, 0.15) is 0 Å². The Hall–Kier alpha value is -1.67. The molecule has 8 heteroatoms. The number of aliphatic imine (C=N–C) groups is 1. The van der Waals surface area contributed by atoms with E-state index < -0.39 is 0 Å². The molecule has 1 amide bonds. The molecule has 27 heavy (non-hydrogen) atoms. The zero-order valence-corrected chi connectivity index (χ0v) is 17.9. The van der Waals surface area contributed by atoms with Crippen molar-refractivity contribution in [2.75, 3.05) is 47.3 Å². The Balaban J connectivity index is 1.63. The van der Waals surface area contributed by atoms with Gasteiger partial charge >= 0.3 is 0 Å². The van der Waals surface area contributed by atoms with Crippen molar-refractivity contribution in [1.29, 1.82) is 0 Å². The summed E-state index contributed by atoms with van der Waals surface area (Å²) in [6.07, 6.45) is 7.01. The molecule has 152 valence electrons. The standard InChI is InChI=1S/C19H34N6OS/c1-5-15-14-23-17(27-15)9-11-22-19(20-2)21-10-7-13-25-12-6-8-16(25)18(26)24(3)4/h14,16H,5-13H2,1-4H3,(H2,20,21,22). The van der Waals surface area contributed by atoms with Crippen LogP contribution in [0.4, 0.5) is 0 Å². The number of rotatable bonds is 9. The smallest absolute Gasteiger partial charge is 0.239 e. The number of thiazole rings is 1. The molecule has 1 atom stereocenters. The Morgan fingerprint density at radius 3 is 2.85 bits per heavy atom. The molecule has 0 radical (unpaired) electrons. The maximum absolute atomic E-state index is 12.2. The van der Waals surface area contributed by atoms with Gasteiger partial charge in [0.2, 0.25) is 5.91 Å². The van der Waals surface area contributed by atoms with E-state index in [1.54, 1.807) is 23.3 Å². The molecule has 2 N–H and O–H groups in total. The van der Waals surface area contributed by atoms with E-state index in [-0.39, 0.29) is 11.9 Å². The number of nitrogens with one attached hydrogen (secondary N) is 2. The average molecular weight is 395 g/mol. The van der Waals surface area contributed by atoms with Crippen LogP contribution in [0, 0.1) is 0 Å². The van der Waals surface area contributed by atoms with Gasteiger partial charge in [0.15, 0.2) is 5.96 Å². The number of guanidine groups is 1. The third-order valence-corrected chi connectivity index (χ3v) is 6.01. The first kappa shape index (κ1) is 21.6. The minimum Gasteiger partial charge on any atom is -0.356 e. The molecule has 1 fully saturated rings. The van der Waals surface area contributed by atoms with Crippen molar-refractivity contribution >= 4 is 23.2 Å². The van der Waals surface area contributed by atoms with Crippen molar-refractivity contribution < 1.29 is 4.79 Å². The number of amides is 1. The zero-order valence-electron chi connectivity index (χ0n) is 17.1. The van der Waals surface area contributed by atoms with Crippen LogP contribution in [-0.4, -0.2) is 80.0 Å². The quantitative estimate of drug-likeness (QED) is 0.376. The molecule has 7 nitrogen and oxygen atoms in total. The highest BCUT2D eigenvalue weighted by molar-refractivity contribution is 7.11. The fourth-order valence-electron chi connectivity index (χ4n) is 3.30. The predicted octanol–water partition coefficient (Wildman–Crippen LogP) is 1.36. The monoisotopic (exact) mass is 394 g/mol. The highest BCUT2D eigenvalue weighted by Crippen LogP contribution is 2.18. The summed E-state index contributed by atoms with van der Waals surface area (Å²) in [4.78, 5) is 26.3. The van der Waals surface area contributed by atoms with E-state index in [2.05, 4.69) is 32.4 Å². The lowest BCUT2D eigenvalue weighted by molar-refractivity contribution is -0.133. The van der Waals surface area contributed by atoms with Crippen molar-refractivity contribution in [1.82, 2.24) is 25.4 Å². The van der Waals surface area contributed by atoms with Crippen LogP contribution in [0.25, 0.3) is 0 Å². The molecular formula is C19H34N6OS. The van der Waals surface area contributed by atoms with Crippen LogP contribution in [-0.2, 0) is 17.6 Å². The lowest BCUT2D eigenvalue weighted by atomic mass is 10.2. The fraction of sp³-hybridized carbons (Fsp3) is 0.737. The van der Waals surface area contributed by atoms with Crippen molar-refractivity contribution in [3.63, 3.8) is 0 Å². The third kappa shape index (κ3) is 6.77. The molecule has 0 bridgehead atoms. The van der Waals surface area contributed by atoms with Gasteiger partial charge in [-0.2, -0.15) is 0 Å². The number of nitrogens with zero attached hydrogens (tertiary/aromatic N) is 4. The van der Waals surface area contributed by atoms with Crippen molar-refractivity contribution in [2.24, 2.45) is 4.99 Å². The molecule has 0 saturated carbocycles. The number of carbonyl (C=O) groups excluding carboxylic acids is 1. The minimum atomic E-state index is 0.0590. The largest absolute Gasteiger partial charge is 0.356 e. The molecular weight excluding hydrogens is 360 g/mol. The molecule has 2 rings (SSSR count). The summed E-state index contributed by atoms with van der Waals surface area (Å²) in [5, 5.41) is 7.88. The molecule has 1 aliphatic rings. The Morgan fingerprint density at radius 2 is 2.19 bits per heavy atom. The predicted molar refractivity (Wildman–Crippen MR) is 112 cm³/mol. The van der Waals surface area contributed by atoms with E-state index >= 15 is 0 Å². The number of aromatic nitrogens is 1. The Labute approximate surface area is 167 Å². The topological polar surface area (TPSA) is 72.9 Å². The Morgan fingerprint density at radius 1 is 1.41 bits per heavy atom. The number of hydrogen-bond acceptors (Lipinski definition) is 5. The Bertz CT molecular complexity index is 615. The second kappa shape index (κ2) is 11.2. The first-order valence-corrected chi connectivity index (χ1v) is 10.7. The van der Waals surface area contributed by atoms with Gasteiger partial charge in [0.05, 0.1) is 11.0 Å². The number of carbonyl (C=O) groups is 1. The summed E-state index contributed by atoms with van der Waals surface area (Å²) in [5.74, 6) is 1.05. The Kier molecular flexibility index (Phi) is 9.00. The van der Waals surface area contributed by atoms with E-state index in [1.165, 1.54) is 9.88 Å². The summed E-state index contributed by atoms with van der Waals surface area (Å²) in [7, 11) is 5.47. The van der Waals surface area contributed by atoms with Gasteiger partial charge in [-0.15, -0.1) is 11.3 Å². The number of hydrogen-bond donors (Lipinski definition) is 2. The lowest BCUT2D eigenvalue weighted by Gasteiger charge is -2.26. The third-order valence-electron chi connectivity index (χ3n) is 4.81. The molecule has 2 heterocycles. The zero-order chi connectivity index (χ0) is 19.6. The number of aryl methyl sites for hydroxylation is 1. The van der Waals surface area contributed by atoms with Gasteiger partial charge in [0, 0.05) is 58.3 Å². The van der Waals surface area contributed by atoms with E-state index in [0.29, 0.717) is 0 Å². The van der Waals surface area contributed by atoms with Gasteiger partial charge in [-0.05, 0) is 32.2 Å². The molecule has 0 aliphatic carbocycles. The van der Waals surface area contributed by atoms with Crippen LogP contribution in [0.5, 0.6) is 0 Å². The van der Waals surface area contributed by atoms with E-state index in [4.69, 9.17) is 0 Å². The summed E-state index contributed by atoms with van der Waals surface area (Å²) in [6, 6.07) is 0.0590. The van der Waals surface area contributed by atoms with Gasteiger partial charge in [-0.25, -0.2) is 4.98 Å². The second-order valence-corrected chi connectivity index (χ2v) is 8.23. The van der Waals surface area contributed by atoms with Crippen LogP contribution < -0.4 is 10.6 Å². The average Bonchev–Trinajstić information content (AvgIpc) is 3.32. The highest BCUT2D eigenvalue weighted by atomic mass is 32.1. The maximum Gasteiger partial charge on any atom is 0.239 e. The molecule has 0 spiro atoms. The summed E-state index contributed by atoms with van der Waals surface area (Å²) in [5.41, 5.74) is 0. The van der Waals surface area contributed by atoms with Gasteiger partial charge in [-0.1, -0.05) is 6.92 Å². The molecule has 1 saturated heterocycles. The highest BCUT2D eigenvalue weighted by Gasteiger charge is 2.30. The van der Waals surface area contributed by atoms with Crippen molar-refractivity contribution in [3.05, 3.63) is 16.1 Å². The molecule has 1 aromatic rings. The van der Waals surface area contributed by atoms with E-state index in [0.717, 1.165) is 64.2 Å². The maximum atomic E-state index is 12.2. The van der Waals surface area contributed by atoms with Gasteiger partial charge in [-0.3, -0.25) is 14.7 Å². The lowest BCUT2D eigenvalue weighted by Crippen LogP contribution is -2.44. The number of likely N-dealkylation sites (tertiary alicyclic amines) is 1. The van der Waals surface area contributed by atoms with E-state index in [1.807, 2.05) is 20.3 Å². The van der Waals surface area contributed by atoms with Crippen molar-refractivity contribution in [3.8, 4) is 0 Å². The van der Waals surface area contributed by atoms with Crippen LogP contribution >= 0.6 is 11.3 Å². The number of likely N-dealkylation sites (N-methyl/N-ethyl adjacent to an activating group) is 1. The molecule has 1 aliphatic heterocycles.